The lowest BCUT2D eigenvalue weighted by Gasteiger charge is -2.33. The van der Waals surface area contributed by atoms with E-state index < -0.39 is 34.5 Å². The maximum Gasteiger partial charge on any atom is 0.239 e. The number of rotatable bonds is 5. The van der Waals surface area contributed by atoms with E-state index in [0.717, 1.165) is 22.8 Å². The molecule has 0 bridgehead atoms. The summed E-state index contributed by atoms with van der Waals surface area (Å²) in [5.74, 6) is -1.14. The van der Waals surface area contributed by atoms with Crippen molar-refractivity contribution in [3.63, 3.8) is 0 Å². The molecule has 0 spiro atoms. The highest BCUT2D eigenvalue weighted by Gasteiger charge is 2.56. The Balaban J connectivity index is 1.58. The molecule has 2 heterocycles. The van der Waals surface area contributed by atoms with Crippen LogP contribution in [-0.2, 0) is 4.79 Å². The summed E-state index contributed by atoms with van der Waals surface area (Å²) >= 11 is 6.15. The first-order chi connectivity index (χ1) is 16.8. The van der Waals surface area contributed by atoms with Gasteiger partial charge in [-0.05, 0) is 66.2 Å². The maximum absolute atomic E-state index is 14.1. The van der Waals surface area contributed by atoms with Crippen LogP contribution in [0.3, 0.4) is 0 Å². The van der Waals surface area contributed by atoms with Crippen LogP contribution in [0.15, 0.2) is 95.3 Å². The van der Waals surface area contributed by atoms with Gasteiger partial charge in [-0.15, -0.1) is 11.6 Å². The molecule has 1 aromatic heterocycles. The second-order valence-corrected chi connectivity index (χ2v) is 9.99. The number of pyridine rings is 1. The Hall–Kier alpha value is -2.86. The van der Waals surface area contributed by atoms with Crippen LogP contribution in [0.25, 0.3) is 0 Å². The Morgan fingerprint density at radius 1 is 1.20 bits per heavy atom. The first-order valence-electron chi connectivity index (χ1n) is 11.9. The zero-order valence-corrected chi connectivity index (χ0v) is 20.1. The third kappa shape index (κ3) is 4.22. The van der Waals surface area contributed by atoms with Crippen molar-refractivity contribution >= 4 is 23.3 Å². The first kappa shape index (κ1) is 23.9. The van der Waals surface area contributed by atoms with E-state index >= 15 is 0 Å². The van der Waals surface area contributed by atoms with Crippen molar-refractivity contribution in [2.24, 2.45) is 11.3 Å². The number of allylic oxidation sites excluding steroid dienone is 10. The SMILES string of the molecule is CCC1(CC2C=C(F)C=C(F)C2)C(=O)N(c2ccccn2)C2CC=C(C3=CC(Cl)C(F)C=C3)C=C21. The van der Waals surface area contributed by atoms with Crippen LogP contribution in [0, 0.1) is 11.3 Å². The number of hydrogen-bond acceptors (Lipinski definition) is 2. The van der Waals surface area contributed by atoms with Crippen molar-refractivity contribution in [3.05, 3.63) is 95.3 Å². The Bertz CT molecular complexity index is 1220. The van der Waals surface area contributed by atoms with Crippen LogP contribution in [0.5, 0.6) is 0 Å². The van der Waals surface area contributed by atoms with Crippen LogP contribution in [0.2, 0.25) is 0 Å². The normalized spacial score (nSPS) is 32.4. The summed E-state index contributed by atoms with van der Waals surface area (Å²) in [4.78, 5) is 20.3. The van der Waals surface area contributed by atoms with Gasteiger partial charge in [0.15, 0.2) is 0 Å². The largest absolute Gasteiger partial charge is 0.288 e. The minimum atomic E-state index is -1.25. The van der Waals surface area contributed by atoms with Gasteiger partial charge in [0.1, 0.15) is 23.6 Å². The minimum Gasteiger partial charge on any atom is -0.288 e. The van der Waals surface area contributed by atoms with Gasteiger partial charge >= 0.3 is 0 Å². The third-order valence-electron chi connectivity index (χ3n) is 7.42. The van der Waals surface area contributed by atoms with E-state index in [1.807, 2.05) is 25.1 Å². The van der Waals surface area contributed by atoms with Gasteiger partial charge in [0.05, 0.1) is 16.8 Å². The summed E-state index contributed by atoms with van der Waals surface area (Å²) in [6, 6.07) is 5.17. The van der Waals surface area contributed by atoms with E-state index in [2.05, 4.69) is 4.98 Å². The number of anilines is 1. The molecule has 1 saturated heterocycles. The van der Waals surface area contributed by atoms with E-state index in [1.165, 1.54) is 12.2 Å². The zero-order valence-electron chi connectivity index (χ0n) is 19.3. The van der Waals surface area contributed by atoms with Gasteiger partial charge in [0, 0.05) is 18.7 Å². The van der Waals surface area contributed by atoms with Crippen LogP contribution < -0.4 is 4.90 Å². The van der Waals surface area contributed by atoms with Crippen LogP contribution >= 0.6 is 11.6 Å². The number of aromatic nitrogens is 1. The van der Waals surface area contributed by atoms with Gasteiger partial charge in [0.25, 0.3) is 0 Å². The molecule has 0 N–H and O–H groups in total. The van der Waals surface area contributed by atoms with Gasteiger partial charge in [-0.2, -0.15) is 0 Å². The van der Waals surface area contributed by atoms with Gasteiger partial charge in [-0.25, -0.2) is 18.2 Å². The molecule has 4 aliphatic rings. The molecule has 1 aromatic rings. The van der Waals surface area contributed by atoms with Crippen molar-refractivity contribution < 1.29 is 18.0 Å². The molecule has 3 nitrogen and oxygen atoms in total. The summed E-state index contributed by atoms with van der Waals surface area (Å²) in [5, 5.41) is -0.761. The summed E-state index contributed by atoms with van der Waals surface area (Å²) in [6.07, 6.45) is 13.0. The fraction of sp³-hybridized carbons (Fsp3) is 0.357. The van der Waals surface area contributed by atoms with Crippen molar-refractivity contribution in [2.75, 3.05) is 4.90 Å². The Labute approximate surface area is 208 Å². The summed E-state index contributed by atoms with van der Waals surface area (Å²) in [5.41, 5.74) is 1.63. The van der Waals surface area contributed by atoms with Gasteiger partial charge in [-0.3, -0.25) is 9.69 Å². The molecule has 0 aromatic carbocycles. The number of fused-ring (bicyclic) bond motifs is 1. The molecule has 5 rings (SSSR count). The fourth-order valence-electron chi connectivity index (χ4n) is 5.73. The Morgan fingerprint density at radius 3 is 2.71 bits per heavy atom. The van der Waals surface area contributed by atoms with Gasteiger partial charge in [-0.1, -0.05) is 37.3 Å². The van der Waals surface area contributed by atoms with E-state index in [9.17, 15) is 18.0 Å². The monoisotopic (exact) mass is 498 g/mol. The second kappa shape index (κ2) is 9.30. The van der Waals surface area contributed by atoms with Gasteiger partial charge in [0.2, 0.25) is 5.91 Å². The molecule has 35 heavy (non-hydrogen) atoms. The number of hydrogen-bond donors (Lipinski definition) is 0. The van der Waals surface area contributed by atoms with Crippen molar-refractivity contribution in [2.45, 2.75) is 50.2 Å². The highest BCUT2D eigenvalue weighted by atomic mass is 35.5. The predicted octanol–water partition coefficient (Wildman–Crippen LogP) is 7.01. The fourth-order valence-corrected chi connectivity index (χ4v) is 5.95. The number of nitrogens with zero attached hydrogens (tertiary/aromatic N) is 2. The predicted molar refractivity (Wildman–Crippen MR) is 132 cm³/mol. The minimum absolute atomic E-state index is 0.0619. The average Bonchev–Trinajstić information content (AvgIpc) is 3.08. The average molecular weight is 499 g/mol. The van der Waals surface area contributed by atoms with E-state index in [0.29, 0.717) is 18.7 Å². The molecular formula is C28H26ClF3N2O. The Morgan fingerprint density at radius 2 is 2.03 bits per heavy atom. The molecule has 7 heteroatoms. The molecule has 0 radical (unpaired) electrons. The highest BCUT2D eigenvalue weighted by Crippen LogP contribution is 2.53. The molecular weight excluding hydrogens is 473 g/mol. The molecule has 5 unspecified atom stereocenters. The second-order valence-electron chi connectivity index (χ2n) is 9.49. The molecule has 3 aliphatic carbocycles. The summed E-state index contributed by atoms with van der Waals surface area (Å²) in [6.45, 7) is 1.94. The lowest BCUT2D eigenvalue weighted by Crippen LogP contribution is -2.38. The van der Waals surface area contributed by atoms with E-state index in [1.54, 1.807) is 35.4 Å². The molecule has 0 saturated carbocycles. The lowest BCUT2D eigenvalue weighted by molar-refractivity contribution is -0.125. The highest BCUT2D eigenvalue weighted by molar-refractivity contribution is 6.22. The van der Waals surface area contributed by atoms with E-state index in [4.69, 9.17) is 11.6 Å². The van der Waals surface area contributed by atoms with Crippen molar-refractivity contribution in [3.8, 4) is 0 Å². The van der Waals surface area contributed by atoms with Crippen LogP contribution in [0.4, 0.5) is 19.0 Å². The zero-order chi connectivity index (χ0) is 24.7. The first-order valence-corrected chi connectivity index (χ1v) is 12.3. The number of halogens is 4. The topological polar surface area (TPSA) is 33.2 Å². The smallest absolute Gasteiger partial charge is 0.239 e. The molecule has 182 valence electrons. The van der Waals surface area contributed by atoms with Crippen molar-refractivity contribution in [1.82, 2.24) is 4.98 Å². The number of amides is 1. The lowest BCUT2D eigenvalue weighted by atomic mass is 9.68. The van der Waals surface area contributed by atoms with Crippen LogP contribution in [-0.4, -0.2) is 28.5 Å². The quantitative estimate of drug-likeness (QED) is 0.409. The Kier molecular flexibility index (Phi) is 6.34. The third-order valence-corrected chi connectivity index (χ3v) is 7.78. The number of carbonyl (C=O) groups excluding carboxylic acids is 1. The maximum atomic E-state index is 14.1. The number of carbonyl (C=O) groups is 1. The molecule has 1 fully saturated rings. The van der Waals surface area contributed by atoms with Crippen LogP contribution in [0.1, 0.15) is 32.6 Å². The standard InChI is InChI=1S/C28H26ClF3N2O/c1-2-28(16-17-11-20(30)15-21(31)12-17)22-13-18(19-6-8-24(32)23(29)14-19)7-9-25(22)34(27(28)35)26-5-3-4-10-33-26/h3-8,10-11,13-15,17,23-25H,2,9,12,16H2,1H3. The molecule has 1 aliphatic heterocycles. The molecule has 1 amide bonds. The summed E-state index contributed by atoms with van der Waals surface area (Å²) in [7, 11) is 0. The number of alkyl halides is 2. The molecule has 5 atom stereocenters. The van der Waals surface area contributed by atoms with Crippen molar-refractivity contribution in [1.29, 1.82) is 0 Å². The van der Waals surface area contributed by atoms with E-state index in [-0.39, 0.29) is 24.8 Å². The summed E-state index contributed by atoms with van der Waals surface area (Å²) < 4.78 is 42.1. The van der Waals surface area contributed by atoms with Gasteiger partial charge < -0.3 is 0 Å².